The molecule has 2 heterocycles. The molecule has 4 nitrogen and oxygen atoms in total. The van der Waals surface area contributed by atoms with E-state index in [0.29, 0.717) is 0 Å². The van der Waals surface area contributed by atoms with Crippen LogP contribution < -0.4 is 5.73 Å². The number of piperidine rings is 1. The lowest BCUT2D eigenvalue weighted by molar-refractivity contribution is 0.270. The molecule has 0 bridgehead atoms. The van der Waals surface area contributed by atoms with Crippen LogP contribution in [0, 0.1) is 5.92 Å². The average molecular weight is 448 g/mol. The predicted molar refractivity (Wildman–Crippen MR) is 109 cm³/mol. The number of nitrogens with two attached hydrogens (primary N) is 1. The van der Waals surface area contributed by atoms with Crippen molar-refractivity contribution in [3.05, 3.63) is 15.6 Å². The maximum Gasteiger partial charge on any atom is 0.191 e. The van der Waals surface area contributed by atoms with Gasteiger partial charge >= 0.3 is 0 Å². The highest BCUT2D eigenvalue weighted by atomic mass is 127. The van der Waals surface area contributed by atoms with E-state index in [0.717, 1.165) is 44.4 Å². The fraction of sp³-hybridized carbons (Fsp3) is 0.765. The van der Waals surface area contributed by atoms with E-state index in [9.17, 15) is 0 Å². The monoisotopic (exact) mass is 448 g/mol. The summed E-state index contributed by atoms with van der Waals surface area (Å²) < 4.78 is 0. The second-order valence-electron chi connectivity index (χ2n) is 6.72. The lowest BCUT2D eigenvalue weighted by Crippen LogP contribution is -2.43. The van der Waals surface area contributed by atoms with E-state index in [2.05, 4.69) is 16.8 Å². The molecule has 1 aromatic rings. The van der Waals surface area contributed by atoms with Crippen LogP contribution >= 0.6 is 35.3 Å². The number of rotatable bonds is 4. The molecule has 130 valence electrons. The molecule has 1 unspecified atom stereocenters. The first-order valence-corrected chi connectivity index (χ1v) is 9.56. The summed E-state index contributed by atoms with van der Waals surface area (Å²) in [6.07, 6.45) is 9.73. The Morgan fingerprint density at radius 1 is 1.35 bits per heavy atom. The normalized spacial score (nSPS) is 21.7. The first kappa shape index (κ1) is 19.0. The van der Waals surface area contributed by atoms with Gasteiger partial charge in [-0.25, -0.2) is 4.98 Å². The highest BCUT2D eigenvalue weighted by Crippen LogP contribution is 2.27. The Morgan fingerprint density at radius 3 is 2.96 bits per heavy atom. The second kappa shape index (κ2) is 9.20. The van der Waals surface area contributed by atoms with Gasteiger partial charge in [-0.15, -0.1) is 35.3 Å². The SMILES string of the molecule is CC1CCCN(C(N)=NCCCc2nc3c(s2)CCCC3)C1.I. The zero-order valence-corrected chi connectivity index (χ0v) is 17.2. The van der Waals surface area contributed by atoms with Gasteiger partial charge in [-0.05, 0) is 50.9 Å². The number of hydrogen-bond acceptors (Lipinski definition) is 3. The highest BCUT2D eigenvalue weighted by Gasteiger charge is 2.17. The molecule has 1 aromatic heterocycles. The Kier molecular flexibility index (Phi) is 7.59. The number of likely N-dealkylation sites (tertiary alicyclic amines) is 1. The molecule has 0 spiro atoms. The van der Waals surface area contributed by atoms with Crippen molar-refractivity contribution in [2.75, 3.05) is 19.6 Å². The zero-order valence-electron chi connectivity index (χ0n) is 14.1. The van der Waals surface area contributed by atoms with Gasteiger partial charge in [0, 0.05) is 30.9 Å². The van der Waals surface area contributed by atoms with E-state index in [1.54, 1.807) is 0 Å². The lowest BCUT2D eigenvalue weighted by Gasteiger charge is -2.31. The number of aliphatic imine (C=N–C) groups is 1. The third-order valence-electron chi connectivity index (χ3n) is 4.69. The molecule has 23 heavy (non-hydrogen) atoms. The maximum absolute atomic E-state index is 6.13. The van der Waals surface area contributed by atoms with Crippen LogP contribution in [0.5, 0.6) is 0 Å². The maximum atomic E-state index is 6.13. The highest BCUT2D eigenvalue weighted by molar-refractivity contribution is 14.0. The van der Waals surface area contributed by atoms with Gasteiger partial charge in [0.15, 0.2) is 5.96 Å². The predicted octanol–water partition coefficient (Wildman–Crippen LogP) is 3.62. The Labute approximate surface area is 161 Å². The van der Waals surface area contributed by atoms with Crippen molar-refractivity contribution in [3.8, 4) is 0 Å². The molecule has 1 aliphatic heterocycles. The first-order chi connectivity index (χ1) is 10.7. The fourth-order valence-electron chi connectivity index (χ4n) is 3.43. The zero-order chi connectivity index (χ0) is 15.4. The topological polar surface area (TPSA) is 54.5 Å². The Balaban J connectivity index is 0.00000192. The third-order valence-corrected chi connectivity index (χ3v) is 5.91. The van der Waals surface area contributed by atoms with Crippen LogP contribution in [0.15, 0.2) is 4.99 Å². The van der Waals surface area contributed by atoms with E-state index in [1.807, 2.05) is 11.3 Å². The molecule has 0 radical (unpaired) electrons. The van der Waals surface area contributed by atoms with Gasteiger partial charge in [-0.1, -0.05) is 6.92 Å². The quantitative estimate of drug-likeness (QED) is 0.331. The molecule has 6 heteroatoms. The van der Waals surface area contributed by atoms with Gasteiger partial charge in [0.25, 0.3) is 0 Å². The van der Waals surface area contributed by atoms with Crippen molar-refractivity contribution in [2.24, 2.45) is 16.6 Å². The molecular weight excluding hydrogens is 419 g/mol. The number of aromatic nitrogens is 1. The minimum Gasteiger partial charge on any atom is -0.370 e. The number of thiazole rings is 1. The first-order valence-electron chi connectivity index (χ1n) is 8.74. The van der Waals surface area contributed by atoms with Gasteiger partial charge in [-0.3, -0.25) is 4.99 Å². The van der Waals surface area contributed by atoms with Gasteiger partial charge in [0.1, 0.15) is 0 Å². The van der Waals surface area contributed by atoms with Crippen molar-refractivity contribution in [2.45, 2.75) is 58.3 Å². The summed E-state index contributed by atoms with van der Waals surface area (Å²) in [5.41, 5.74) is 7.50. The van der Waals surface area contributed by atoms with Crippen LogP contribution in [0.1, 0.15) is 54.6 Å². The summed E-state index contributed by atoms with van der Waals surface area (Å²) in [5, 5.41) is 1.30. The number of hydrogen-bond donors (Lipinski definition) is 1. The third kappa shape index (κ3) is 5.31. The van der Waals surface area contributed by atoms with Crippen LogP contribution in [0.3, 0.4) is 0 Å². The Hall–Kier alpha value is -0.370. The van der Waals surface area contributed by atoms with Crippen LogP contribution in [0.4, 0.5) is 0 Å². The molecule has 0 aromatic carbocycles. The summed E-state index contributed by atoms with van der Waals surface area (Å²) in [6, 6.07) is 0. The summed E-state index contributed by atoms with van der Waals surface area (Å²) in [5.74, 6) is 1.48. The molecule has 1 atom stereocenters. The number of aryl methyl sites for hydroxylation is 3. The van der Waals surface area contributed by atoms with Gasteiger partial charge in [0.2, 0.25) is 0 Å². The van der Waals surface area contributed by atoms with Crippen LogP contribution in [-0.2, 0) is 19.3 Å². The van der Waals surface area contributed by atoms with Crippen LogP contribution in [0.25, 0.3) is 0 Å². The molecule has 1 fully saturated rings. The minimum atomic E-state index is 0. The van der Waals surface area contributed by atoms with Crippen molar-refractivity contribution in [3.63, 3.8) is 0 Å². The second-order valence-corrected chi connectivity index (χ2v) is 7.89. The van der Waals surface area contributed by atoms with Gasteiger partial charge in [0.05, 0.1) is 10.7 Å². The number of halogens is 1. The van der Waals surface area contributed by atoms with Gasteiger partial charge in [-0.2, -0.15) is 0 Å². The van der Waals surface area contributed by atoms with Gasteiger partial charge < -0.3 is 10.6 Å². The molecule has 3 rings (SSSR count). The molecule has 0 saturated carbocycles. The van der Waals surface area contributed by atoms with E-state index in [-0.39, 0.29) is 24.0 Å². The van der Waals surface area contributed by atoms with Crippen LogP contribution in [0.2, 0.25) is 0 Å². The molecule has 0 amide bonds. The van der Waals surface area contributed by atoms with E-state index < -0.39 is 0 Å². The molecule has 1 saturated heterocycles. The van der Waals surface area contributed by atoms with Crippen molar-refractivity contribution < 1.29 is 0 Å². The van der Waals surface area contributed by atoms with Crippen molar-refractivity contribution in [1.29, 1.82) is 0 Å². The van der Waals surface area contributed by atoms with Crippen molar-refractivity contribution >= 4 is 41.3 Å². The molecule has 1 aliphatic carbocycles. The molecular formula is C17H29IN4S. The number of fused-ring (bicyclic) bond motifs is 1. The summed E-state index contributed by atoms with van der Waals surface area (Å²) in [4.78, 5) is 13.2. The van der Waals surface area contributed by atoms with Crippen LogP contribution in [-0.4, -0.2) is 35.5 Å². The minimum absolute atomic E-state index is 0. The summed E-state index contributed by atoms with van der Waals surface area (Å²) in [6.45, 7) is 5.25. The van der Waals surface area contributed by atoms with E-state index in [1.165, 1.54) is 54.1 Å². The van der Waals surface area contributed by atoms with Crippen molar-refractivity contribution in [1.82, 2.24) is 9.88 Å². The fourth-order valence-corrected chi connectivity index (χ4v) is 4.63. The largest absolute Gasteiger partial charge is 0.370 e. The standard InChI is InChI=1S/C17H28N4S.HI/c1-13-6-5-11-21(12-13)17(18)19-10-4-9-16-20-14-7-2-3-8-15(14)22-16;/h13H,2-12H2,1H3,(H2,18,19);1H. The number of nitrogens with zero attached hydrogens (tertiary/aromatic N) is 3. The molecule has 2 N–H and O–H groups in total. The number of guanidine groups is 1. The lowest BCUT2D eigenvalue weighted by atomic mass is 10.0. The Bertz CT molecular complexity index is 505. The van der Waals surface area contributed by atoms with E-state index >= 15 is 0 Å². The summed E-state index contributed by atoms with van der Waals surface area (Å²) >= 11 is 1.92. The van der Waals surface area contributed by atoms with E-state index in [4.69, 9.17) is 10.7 Å². The smallest absolute Gasteiger partial charge is 0.191 e. The Morgan fingerprint density at radius 2 is 2.17 bits per heavy atom. The molecule has 2 aliphatic rings. The summed E-state index contributed by atoms with van der Waals surface area (Å²) in [7, 11) is 0. The average Bonchev–Trinajstić information content (AvgIpc) is 2.94.